The van der Waals surface area contributed by atoms with E-state index >= 15 is 0 Å². The van der Waals surface area contributed by atoms with Gasteiger partial charge in [-0.2, -0.15) is 0 Å². The van der Waals surface area contributed by atoms with E-state index in [0.29, 0.717) is 0 Å². The highest BCUT2D eigenvalue weighted by atomic mass is 15.2. The van der Waals surface area contributed by atoms with Crippen LogP contribution in [0.15, 0.2) is 12.2 Å². The highest BCUT2D eigenvalue weighted by molar-refractivity contribution is 5.10. The number of likely N-dealkylation sites (tertiary alicyclic amines) is 1. The molecule has 1 aliphatic heterocycles. The summed E-state index contributed by atoms with van der Waals surface area (Å²) in [5.74, 6) is 2.79. The minimum Gasteiger partial charge on any atom is -0.306 e. The van der Waals surface area contributed by atoms with Gasteiger partial charge in [-0.15, -0.1) is 0 Å². The van der Waals surface area contributed by atoms with Gasteiger partial charge >= 0.3 is 0 Å². The molecule has 2 nitrogen and oxygen atoms in total. The molecule has 1 heterocycles. The van der Waals surface area contributed by atoms with Crippen LogP contribution in [-0.2, 0) is 0 Å². The standard InChI is InChI=1S/C15H26N2/c1-16-7-5-15(6-8-16)17(2)11-14-10-12-3-4-13(14)9-12/h3-4,12-15H,5-11H2,1-2H3/t12-,13-,14-/m0/s1. The SMILES string of the molecule is CN1CCC(N(C)C[C@@H]2C[C@H]3C=C[C@H]2C3)CC1. The summed E-state index contributed by atoms with van der Waals surface area (Å²) in [5.41, 5.74) is 0. The minimum absolute atomic E-state index is 0.842. The van der Waals surface area contributed by atoms with E-state index in [2.05, 4.69) is 36.0 Å². The number of rotatable bonds is 3. The largest absolute Gasteiger partial charge is 0.306 e. The van der Waals surface area contributed by atoms with Gasteiger partial charge in [0.1, 0.15) is 0 Å². The molecule has 3 atom stereocenters. The molecule has 2 heteroatoms. The van der Waals surface area contributed by atoms with Crippen molar-refractivity contribution in [2.75, 3.05) is 33.7 Å². The van der Waals surface area contributed by atoms with Crippen molar-refractivity contribution in [1.29, 1.82) is 0 Å². The minimum atomic E-state index is 0.842. The van der Waals surface area contributed by atoms with Gasteiger partial charge in [-0.25, -0.2) is 0 Å². The summed E-state index contributed by atoms with van der Waals surface area (Å²) in [7, 11) is 4.60. The highest BCUT2D eigenvalue weighted by Gasteiger charge is 2.36. The summed E-state index contributed by atoms with van der Waals surface area (Å²) in [5, 5.41) is 0. The monoisotopic (exact) mass is 234 g/mol. The Balaban J connectivity index is 1.50. The normalized spacial score (nSPS) is 38.4. The van der Waals surface area contributed by atoms with Gasteiger partial charge in [-0.1, -0.05) is 12.2 Å². The molecule has 3 aliphatic rings. The summed E-state index contributed by atoms with van der Waals surface area (Å²) in [6, 6.07) is 0.842. The van der Waals surface area contributed by atoms with Gasteiger partial charge in [-0.05, 0) is 70.6 Å². The smallest absolute Gasteiger partial charge is 0.0117 e. The van der Waals surface area contributed by atoms with Crippen LogP contribution in [0, 0.1) is 17.8 Å². The van der Waals surface area contributed by atoms with Crippen LogP contribution in [0.5, 0.6) is 0 Å². The van der Waals surface area contributed by atoms with E-state index in [9.17, 15) is 0 Å². The zero-order valence-corrected chi connectivity index (χ0v) is 11.3. The van der Waals surface area contributed by atoms with E-state index in [4.69, 9.17) is 0 Å². The van der Waals surface area contributed by atoms with Crippen molar-refractivity contribution in [2.45, 2.75) is 31.7 Å². The average Bonchev–Trinajstić information content (AvgIpc) is 2.91. The van der Waals surface area contributed by atoms with Crippen LogP contribution < -0.4 is 0 Å². The molecular formula is C15H26N2. The molecule has 0 N–H and O–H groups in total. The molecule has 0 aromatic rings. The van der Waals surface area contributed by atoms with Crippen LogP contribution in [-0.4, -0.2) is 49.6 Å². The first-order chi connectivity index (χ1) is 8.22. The average molecular weight is 234 g/mol. The highest BCUT2D eigenvalue weighted by Crippen LogP contribution is 2.43. The summed E-state index contributed by atoms with van der Waals surface area (Å²) in [6.45, 7) is 3.90. The Morgan fingerprint density at radius 3 is 2.53 bits per heavy atom. The van der Waals surface area contributed by atoms with E-state index in [1.54, 1.807) is 0 Å². The van der Waals surface area contributed by atoms with Crippen molar-refractivity contribution in [3.05, 3.63) is 12.2 Å². The molecular weight excluding hydrogens is 208 g/mol. The lowest BCUT2D eigenvalue weighted by Gasteiger charge is -2.37. The molecule has 0 aromatic heterocycles. The van der Waals surface area contributed by atoms with E-state index in [-0.39, 0.29) is 0 Å². The number of fused-ring (bicyclic) bond motifs is 2. The number of hydrogen-bond acceptors (Lipinski definition) is 2. The third kappa shape index (κ3) is 2.43. The van der Waals surface area contributed by atoms with Crippen LogP contribution in [0.25, 0.3) is 0 Å². The lowest BCUT2D eigenvalue weighted by atomic mass is 9.92. The molecule has 0 spiro atoms. The molecule has 96 valence electrons. The van der Waals surface area contributed by atoms with Crippen LogP contribution in [0.3, 0.4) is 0 Å². The zero-order valence-electron chi connectivity index (χ0n) is 11.3. The topological polar surface area (TPSA) is 6.48 Å². The zero-order chi connectivity index (χ0) is 11.8. The Hall–Kier alpha value is -0.340. The van der Waals surface area contributed by atoms with Crippen LogP contribution in [0.2, 0.25) is 0 Å². The summed E-state index contributed by atoms with van der Waals surface area (Å²) >= 11 is 0. The van der Waals surface area contributed by atoms with Gasteiger partial charge in [0, 0.05) is 12.6 Å². The maximum Gasteiger partial charge on any atom is 0.0117 e. The molecule has 1 saturated heterocycles. The van der Waals surface area contributed by atoms with Crippen LogP contribution in [0.1, 0.15) is 25.7 Å². The van der Waals surface area contributed by atoms with E-state index < -0.39 is 0 Å². The Kier molecular flexibility index (Phi) is 3.27. The lowest BCUT2D eigenvalue weighted by molar-refractivity contribution is 0.124. The fourth-order valence-electron chi connectivity index (χ4n) is 4.06. The second kappa shape index (κ2) is 4.74. The molecule has 0 radical (unpaired) electrons. The number of hydrogen-bond donors (Lipinski definition) is 0. The molecule has 2 fully saturated rings. The number of piperidine rings is 1. The third-order valence-corrected chi connectivity index (χ3v) is 5.25. The molecule has 1 saturated carbocycles. The third-order valence-electron chi connectivity index (χ3n) is 5.25. The summed E-state index contributed by atoms with van der Waals surface area (Å²) < 4.78 is 0. The predicted octanol–water partition coefficient (Wildman–Crippen LogP) is 2.22. The van der Waals surface area contributed by atoms with Crippen molar-refractivity contribution in [3.8, 4) is 0 Å². The first kappa shape index (κ1) is 11.7. The molecule has 0 amide bonds. The van der Waals surface area contributed by atoms with Crippen molar-refractivity contribution in [1.82, 2.24) is 9.80 Å². The van der Waals surface area contributed by atoms with Crippen LogP contribution in [0.4, 0.5) is 0 Å². The summed E-state index contributed by atoms with van der Waals surface area (Å²) in [6.07, 6.45) is 10.6. The maximum atomic E-state index is 2.66. The van der Waals surface area contributed by atoms with Gasteiger partial charge in [0.2, 0.25) is 0 Å². The molecule has 3 rings (SSSR count). The predicted molar refractivity (Wildman–Crippen MR) is 72.0 cm³/mol. The van der Waals surface area contributed by atoms with Crippen molar-refractivity contribution in [3.63, 3.8) is 0 Å². The summed E-state index contributed by atoms with van der Waals surface area (Å²) in [4.78, 5) is 5.12. The van der Waals surface area contributed by atoms with Crippen molar-refractivity contribution < 1.29 is 0 Å². The van der Waals surface area contributed by atoms with Gasteiger partial charge < -0.3 is 9.80 Å². The van der Waals surface area contributed by atoms with Gasteiger partial charge in [0.25, 0.3) is 0 Å². The number of allylic oxidation sites excluding steroid dienone is 2. The Labute approximate surface area is 106 Å². The first-order valence-corrected chi connectivity index (χ1v) is 7.29. The molecule has 2 bridgehead atoms. The van der Waals surface area contributed by atoms with Crippen LogP contribution >= 0.6 is 0 Å². The molecule has 0 aromatic carbocycles. The van der Waals surface area contributed by atoms with E-state index in [1.807, 2.05) is 0 Å². The molecule has 2 aliphatic carbocycles. The molecule has 0 unspecified atom stereocenters. The van der Waals surface area contributed by atoms with E-state index in [1.165, 1.54) is 45.3 Å². The number of nitrogens with zero attached hydrogens (tertiary/aromatic N) is 2. The first-order valence-electron chi connectivity index (χ1n) is 7.29. The van der Waals surface area contributed by atoms with Crippen molar-refractivity contribution in [2.24, 2.45) is 17.8 Å². The van der Waals surface area contributed by atoms with E-state index in [0.717, 1.165) is 23.8 Å². The quantitative estimate of drug-likeness (QED) is 0.691. The fraction of sp³-hybridized carbons (Fsp3) is 0.867. The Morgan fingerprint density at radius 1 is 1.18 bits per heavy atom. The van der Waals surface area contributed by atoms with Crippen molar-refractivity contribution >= 4 is 0 Å². The fourth-order valence-corrected chi connectivity index (χ4v) is 4.06. The second-order valence-corrected chi connectivity index (χ2v) is 6.51. The van der Waals surface area contributed by atoms with Gasteiger partial charge in [0.15, 0.2) is 0 Å². The molecule has 17 heavy (non-hydrogen) atoms. The lowest BCUT2D eigenvalue weighted by Crippen LogP contribution is -2.43. The second-order valence-electron chi connectivity index (χ2n) is 6.51. The maximum absolute atomic E-state index is 2.66. The van der Waals surface area contributed by atoms with Gasteiger partial charge in [0.05, 0.1) is 0 Å². The Morgan fingerprint density at radius 2 is 1.94 bits per heavy atom. The Bertz CT molecular complexity index is 291. The van der Waals surface area contributed by atoms with Gasteiger partial charge in [-0.3, -0.25) is 0 Å².